The fourth-order valence-corrected chi connectivity index (χ4v) is 2.58. The van der Waals surface area contributed by atoms with E-state index in [0.717, 1.165) is 11.1 Å². The van der Waals surface area contributed by atoms with Gasteiger partial charge >= 0.3 is 0 Å². The van der Waals surface area contributed by atoms with Crippen molar-refractivity contribution in [3.05, 3.63) is 29.5 Å². The van der Waals surface area contributed by atoms with Crippen LogP contribution >= 0.6 is 0 Å². The maximum Gasteiger partial charge on any atom is 0.262 e. The maximum atomic E-state index is 13.0. The summed E-state index contributed by atoms with van der Waals surface area (Å²) in [4.78, 5) is 26.0. The van der Waals surface area contributed by atoms with Gasteiger partial charge in [0, 0.05) is 11.1 Å². The standard InChI is InChI=1S/C20H27N3O3/c1-19(2,3)13-9-12(10-14(16(13)24)20(4,5)6)22-17-18(26-8)23-15(25-7)11-21-17/h9-11H,1-8H3. The van der Waals surface area contributed by atoms with Gasteiger partial charge in [-0.1, -0.05) is 41.5 Å². The first-order chi connectivity index (χ1) is 12.0. The number of hydrogen-bond donors (Lipinski definition) is 0. The smallest absolute Gasteiger partial charge is 0.262 e. The molecule has 0 aromatic carbocycles. The highest BCUT2D eigenvalue weighted by atomic mass is 16.5. The molecular formula is C20H27N3O3. The SMILES string of the molecule is COc1cnc(N=C2C=C(C(C)(C)C)C(=O)C(C(C)(C)C)=C2)c(OC)n1. The lowest BCUT2D eigenvalue weighted by atomic mass is 9.72. The highest BCUT2D eigenvalue weighted by molar-refractivity contribution is 6.23. The first kappa shape index (κ1) is 19.8. The van der Waals surface area contributed by atoms with Crippen molar-refractivity contribution < 1.29 is 14.3 Å². The number of ether oxygens (including phenoxy) is 2. The molecule has 0 N–H and O–H groups in total. The Hall–Kier alpha value is -2.50. The number of ketones is 1. The van der Waals surface area contributed by atoms with E-state index >= 15 is 0 Å². The molecular weight excluding hydrogens is 330 g/mol. The largest absolute Gasteiger partial charge is 0.480 e. The average molecular weight is 357 g/mol. The molecule has 2 rings (SSSR count). The number of nitrogens with zero attached hydrogens (tertiary/aromatic N) is 3. The average Bonchev–Trinajstić information content (AvgIpc) is 2.54. The van der Waals surface area contributed by atoms with Crippen LogP contribution in [0.2, 0.25) is 0 Å². The van der Waals surface area contributed by atoms with Gasteiger partial charge in [-0.15, -0.1) is 0 Å². The van der Waals surface area contributed by atoms with Gasteiger partial charge in [0.15, 0.2) is 5.78 Å². The molecule has 6 heteroatoms. The van der Waals surface area contributed by atoms with Gasteiger partial charge < -0.3 is 9.47 Å². The minimum absolute atomic E-state index is 0.0664. The highest BCUT2D eigenvalue weighted by Crippen LogP contribution is 2.37. The van der Waals surface area contributed by atoms with Crippen molar-refractivity contribution in [2.24, 2.45) is 15.8 Å². The fourth-order valence-electron chi connectivity index (χ4n) is 2.58. The third-order valence-corrected chi connectivity index (χ3v) is 4.03. The molecule has 0 spiro atoms. The number of Topliss-reactive ketones (excluding diaryl/α,β-unsaturated/α-hetero) is 1. The van der Waals surface area contributed by atoms with Gasteiger partial charge in [0.2, 0.25) is 11.7 Å². The Morgan fingerprint density at radius 2 is 1.46 bits per heavy atom. The van der Waals surface area contributed by atoms with E-state index in [1.54, 1.807) is 0 Å². The van der Waals surface area contributed by atoms with Crippen molar-refractivity contribution in [2.45, 2.75) is 41.5 Å². The Bertz CT molecular complexity index is 771. The van der Waals surface area contributed by atoms with Crippen LogP contribution in [0.4, 0.5) is 5.82 Å². The molecule has 6 nitrogen and oxygen atoms in total. The van der Waals surface area contributed by atoms with E-state index in [-0.39, 0.29) is 22.5 Å². The van der Waals surface area contributed by atoms with Crippen LogP contribution in [-0.2, 0) is 4.79 Å². The lowest BCUT2D eigenvalue weighted by Crippen LogP contribution is -2.29. The molecule has 0 saturated heterocycles. The van der Waals surface area contributed by atoms with Crippen LogP contribution in [0.15, 0.2) is 34.5 Å². The van der Waals surface area contributed by atoms with Gasteiger partial charge in [-0.3, -0.25) is 4.79 Å². The summed E-state index contributed by atoms with van der Waals surface area (Å²) in [5.41, 5.74) is 1.52. The second-order valence-corrected chi connectivity index (χ2v) is 8.23. The Balaban J connectivity index is 2.62. The van der Waals surface area contributed by atoms with Crippen LogP contribution in [-0.4, -0.2) is 35.7 Å². The molecule has 1 aromatic heterocycles. The zero-order valence-corrected chi connectivity index (χ0v) is 16.8. The molecule has 0 radical (unpaired) electrons. The van der Waals surface area contributed by atoms with Crippen molar-refractivity contribution in [3.63, 3.8) is 0 Å². The molecule has 0 amide bonds. The molecule has 1 aliphatic carbocycles. The highest BCUT2D eigenvalue weighted by Gasteiger charge is 2.34. The molecule has 140 valence electrons. The van der Waals surface area contributed by atoms with E-state index in [2.05, 4.69) is 15.0 Å². The molecule has 1 heterocycles. The summed E-state index contributed by atoms with van der Waals surface area (Å²) in [6.45, 7) is 12.1. The minimum atomic E-state index is -0.293. The van der Waals surface area contributed by atoms with Crippen molar-refractivity contribution in [1.29, 1.82) is 0 Å². The number of allylic oxidation sites excluding steroid dienone is 4. The lowest BCUT2D eigenvalue weighted by Gasteiger charge is -2.30. The quantitative estimate of drug-likeness (QED) is 0.762. The number of aromatic nitrogens is 2. The van der Waals surface area contributed by atoms with Crippen LogP contribution in [0.25, 0.3) is 0 Å². The van der Waals surface area contributed by atoms with Gasteiger partial charge in [0.1, 0.15) is 0 Å². The van der Waals surface area contributed by atoms with Gasteiger partial charge in [0.25, 0.3) is 5.88 Å². The molecule has 0 saturated carbocycles. The van der Waals surface area contributed by atoms with E-state index in [1.165, 1.54) is 20.4 Å². The summed E-state index contributed by atoms with van der Waals surface area (Å²) in [5.74, 6) is 1.02. The van der Waals surface area contributed by atoms with Crippen LogP contribution in [0.1, 0.15) is 41.5 Å². The summed E-state index contributed by atoms with van der Waals surface area (Å²) >= 11 is 0. The van der Waals surface area contributed by atoms with Gasteiger partial charge in [-0.2, -0.15) is 4.98 Å². The normalized spacial score (nSPS) is 15.4. The maximum absolute atomic E-state index is 13.0. The summed E-state index contributed by atoms with van der Waals surface area (Å²) in [6, 6.07) is 0. The monoisotopic (exact) mass is 357 g/mol. The second kappa shape index (κ2) is 7.02. The van der Waals surface area contributed by atoms with E-state index in [0.29, 0.717) is 17.4 Å². The van der Waals surface area contributed by atoms with E-state index in [1.807, 2.05) is 53.7 Å². The molecule has 1 aliphatic rings. The molecule has 0 fully saturated rings. The molecule has 0 bridgehead atoms. The first-order valence-corrected chi connectivity index (χ1v) is 8.50. The van der Waals surface area contributed by atoms with Crippen LogP contribution in [0.5, 0.6) is 11.8 Å². The molecule has 1 aromatic rings. The predicted molar refractivity (Wildman–Crippen MR) is 102 cm³/mol. The van der Waals surface area contributed by atoms with Crippen molar-refractivity contribution >= 4 is 17.3 Å². The molecule has 0 atom stereocenters. The third kappa shape index (κ3) is 4.18. The number of hydrogen-bond acceptors (Lipinski definition) is 6. The van der Waals surface area contributed by atoms with Crippen LogP contribution in [0, 0.1) is 10.8 Å². The number of rotatable bonds is 3. The van der Waals surface area contributed by atoms with Gasteiger partial charge in [-0.05, 0) is 23.0 Å². The Kier molecular flexibility index (Phi) is 5.35. The van der Waals surface area contributed by atoms with E-state index in [4.69, 9.17) is 9.47 Å². The lowest BCUT2D eigenvalue weighted by molar-refractivity contribution is -0.114. The Morgan fingerprint density at radius 1 is 0.923 bits per heavy atom. The van der Waals surface area contributed by atoms with E-state index in [9.17, 15) is 4.79 Å². The Labute approximate surface area is 155 Å². The summed E-state index contributed by atoms with van der Waals surface area (Å²) in [6.07, 6.45) is 5.13. The van der Waals surface area contributed by atoms with Crippen LogP contribution in [0.3, 0.4) is 0 Å². The topological polar surface area (TPSA) is 73.7 Å². The minimum Gasteiger partial charge on any atom is -0.480 e. The summed E-state index contributed by atoms with van der Waals surface area (Å²) in [5, 5.41) is 0. The van der Waals surface area contributed by atoms with Gasteiger partial charge in [0.05, 0.1) is 26.1 Å². The number of aliphatic imine (C=N–C) groups is 1. The van der Waals surface area contributed by atoms with E-state index < -0.39 is 0 Å². The summed E-state index contributed by atoms with van der Waals surface area (Å²) < 4.78 is 10.3. The Morgan fingerprint density at radius 3 is 1.88 bits per heavy atom. The van der Waals surface area contributed by atoms with Gasteiger partial charge in [-0.25, -0.2) is 9.98 Å². The van der Waals surface area contributed by atoms with Crippen molar-refractivity contribution in [3.8, 4) is 11.8 Å². The predicted octanol–water partition coefficient (Wildman–Crippen LogP) is 4.09. The zero-order valence-electron chi connectivity index (χ0n) is 16.8. The fraction of sp³-hybridized carbons (Fsp3) is 0.500. The van der Waals surface area contributed by atoms with Crippen molar-refractivity contribution in [2.75, 3.05) is 14.2 Å². The number of carbonyl (C=O) groups is 1. The molecule has 0 unspecified atom stereocenters. The zero-order chi connectivity index (χ0) is 19.7. The molecule has 26 heavy (non-hydrogen) atoms. The third-order valence-electron chi connectivity index (χ3n) is 4.03. The number of methoxy groups -OCH3 is 2. The summed E-state index contributed by atoms with van der Waals surface area (Å²) in [7, 11) is 3.02. The number of carbonyl (C=O) groups excluding carboxylic acids is 1. The molecule has 0 aliphatic heterocycles. The second-order valence-electron chi connectivity index (χ2n) is 8.23. The van der Waals surface area contributed by atoms with Crippen LogP contribution < -0.4 is 9.47 Å². The van der Waals surface area contributed by atoms with Crippen molar-refractivity contribution in [1.82, 2.24) is 9.97 Å². The first-order valence-electron chi connectivity index (χ1n) is 8.50.